The molecule has 0 aliphatic carbocycles. The minimum atomic E-state index is -0.745. The molecule has 0 bridgehead atoms. The number of aliphatic hydroxyl groups excluding tert-OH is 1. The van der Waals surface area contributed by atoms with Crippen LogP contribution in [0.1, 0.15) is 18.6 Å². The molecular formula is C15H16FNO3. The van der Waals surface area contributed by atoms with E-state index in [9.17, 15) is 14.3 Å². The Morgan fingerprint density at radius 3 is 2.85 bits per heavy atom. The highest BCUT2D eigenvalue weighted by molar-refractivity contribution is 5.35. The molecule has 5 heteroatoms. The Morgan fingerprint density at radius 1 is 1.35 bits per heavy atom. The van der Waals surface area contributed by atoms with E-state index in [0.717, 1.165) is 0 Å². The second kappa shape index (κ2) is 6.34. The van der Waals surface area contributed by atoms with Crippen molar-refractivity contribution in [2.75, 3.05) is 6.61 Å². The first-order chi connectivity index (χ1) is 9.58. The molecule has 1 atom stereocenters. The molecule has 1 unspecified atom stereocenters. The lowest BCUT2D eigenvalue weighted by Gasteiger charge is -2.14. The van der Waals surface area contributed by atoms with Gasteiger partial charge in [-0.05, 0) is 25.1 Å². The number of nitrogens with zero attached hydrogens (tertiary/aromatic N) is 1. The van der Waals surface area contributed by atoms with Gasteiger partial charge in [-0.2, -0.15) is 0 Å². The number of rotatable bonds is 5. The van der Waals surface area contributed by atoms with Crippen LogP contribution in [0.15, 0.2) is 47.4 Å². The molecule has 1 heterocycles. The van der Waals surface area contributed by atoms with Crippen molar-refractivity contribution in [3.05, 3.63) is 64.3 Å². The van der Waals surface area contributed by atoms with Crippen LogP contribution >= 0.6 is 0 Å². The van der Waals surface area contributed by atoms with Crippen molar-refractivity contribution in [2.45, 2.75) is 19.6 Å². The van der Waals surface area contributed by atoms with Crippen LogP contribution in [0.4, 0.5) is 4.39 Å². The minimum Gasteiger partial charge on any atom is -0.491 e. The topological polar surface area (TPSA) is 51.5 Å². The van der Waals surface area contributed by atoms with Gasteiger partial charge in [0.2, 0.25) is 0 Å². The quantitative estimate of drug-likeness (QED) is 0.910. The highest BCUT2D eigenvalue weighted by Crippen LogP contribution is 2.25. The lowest BCUT2D eigenvalue weighted by atomic mass is 10.1. The monoisotopic (exact) mass is 277 g/mol. The zero-order valence-electron chi connectivity index (χ0n) is 11.1. The summed E-state index contributed by atoms with van der Waals surface area (Å²) in [7, 11) is 0. The molecule has 2 aromatic rings. The number of benzene rings is 1. The van der Waals surface area contributed by atoms with Crippen LogP contribution in [0.5, 0.6) is 5.75 Å². The highest BCUT2D eigenvalue weighted by atomic mass is 19.1. The van der Waals surface area contributed by atoms with E-state index in [4.69, 9.17) is 4.74 Å². The van der Waals surface area contributed by atoms with Gasteiger partial charge >= 0.3 is 0 Å². The third kappa shape index (κ3) is 3.45. The van der Waals surface area contributed by atoms with E-state index in [2.05, 4.69) is 0 Å². The largest absolute Gasteiger partial charge is 0.491 e. The molecule has 0 radical (unpaired) electrons. The number of hydrogen-bond acceptors (Lipinski definition) is 3. The summed E-state index contributed by atoms with van der Waals surface area (Å²) in [6.45, 7) is 2.16. The molecule has 2 rings (SSSR count). The van der Waals surface area contributed by atoms with Gasteiger partial charge in [0.25, 0.3) is 5.56 Å². The summed E-state index contributed by atoms with van der Waals surface area (Å²) in [5, 5.41) is 9.60. The van der Waals surface area contributed by atoms with Gasteiger partial charge < -0.3 is 14.4 Å². The van der Waals surface area contributed by atoms with E-state index in [1.54, 1.807) is 25.3 Å². The summed E-state index contributed by atoms with van der Waals surface area (Å²) in [6.07, 6.45) is 0.914. The maximum absolute atomic E-state index is 13.2. The first kappa shape index (κ1) is 14.3. The first-order valence-corrected chi connectivity index (χ1v) is 6.33. The lowest BCUT2D eigenvalue weighted by molar-refractivity contribution is 0.190. The predicted molar refractivity (Wildman–Crippen MR) is 73.2 cm³/mol. The van der Waals surface area contributed by atoms with E-state index in [-0.39, 0.29) is 12.2 Å². The molecule has 0 aliphatic heterocycles. The third-order valence-electron chi connectivity index (χ3n) is 2.91. The van der Waals surface area contributed by atoms with Crippen LogP contribution < -0.4 is 10.3 Å². The molecule has 1 aromatic heterocycles. The summed E-state index contributed by atoms with van der Waals surface area (Å²) in [6, 6.07) is 8.88. The van der Waals surface area contributed by atoms with Crippen molar-refractivity contribution >= 4 is 0 Å². The Labute approximate surface area is 116 Å². The first-order valence-electron chi connectivity index (χ1n) is 6.33. The van der Waals surface area contributed by atoms with Crippen molar-refractivity contribution in [1.29, 1.82) is 0 Å². The maximum Gasteiger partial charge on any atom is 0.250 e. The van der Waals surface area contributed by atoms with Crippen molar-refractivity contribution < 1.29 is 14.2 Å². The van der Waals surface area contributed by atoms with Crippen molar-refractivity contribution in [3.63, 3.8) is 0 Å². The molecule has 1 aromatic carbocycles. The van der Waals surface area contributed by atoms with Crippen molar-refractivity contribution in [2.24, 2.45) is 0 Å². The molecule has 1 N–H and O–H groups in total. The number of hydrogen-bond donors (Lipinski definition) is 1. The third-order valence-corrected chi connectivity index (χ3v) is 2.91. The highest BCUT2D eigenvalue weighted by Gasteiger charge is 2.10. The van der Waals surface area contributed by atoms with Gasteiger partial charge in [-0.15, -0.1) is 0 Å². The van der Waals surface area contributed by atoms with E-state index in [1.165, 1.54) is 28.8 Å². The molecule has 4 nitrogen and oxygen atoms in total. The molecule has 0 saturated carbocycles. The Hall–Kier alpha value is -2.14. The molecule has 0 spiro atoms. The molecule has 0 fully saturated rings. The minimum absolute atomic E-state index is 0.119. The number of aromatic nitrogens is 1. The summed E-state index contributed by atoms with van der Waals surface area (Å²) >= 11 is 0. The van der Waals surface area contributed by atoms with Gasteiger partial charge in [-0.1, -0.05) is 6.07 Å². The number of halogens is 1. The molecule has 0 amide bonds. The average Bonchev–Trinajstić information content (AvgIpc) is 2.41. The van der Waals surface area contributed by atoms with Gasteiger partial charge in [-0.25, -0.2) is 4.39 Å². The van der Waals surface area contributed by atoms with Crippen LogP contribution in [-0.4, -0.2) is 16.3 Å². The van der Waals surface area contributed by atoms with Crippen molar-refractivity contribution in [3.8, 4) is 5.75 Å². The zero-order chi connectivity index (χ0) is 14.5. The van der Waals surface area contributed by atoms with Gasteiger partial charge in [0, 0.05) is 23.9 Å². The fraction of sp³-hybridized carbons (Fsp3) is 0.267. The second-order valence-corrected chi connectivity index (χ2v) is 4.44. The van der Waals surface area contributed by atoms with Crippen LogP contribution in [0, 0.1) is 5.82 Å². The molecule has 106 valence electrons. The van der Waals surface area contributed by atoms with Crippen LogP contribution in [0.25, 0.3) is 0 Å². The summed E-state index contributed by atoms with van der Waals surface area (Å²) in [5.74, 6) is -0.134. The van der Waals surface area contributed by atoms with E-state index in [1.807, 2.05) is 0 Å². The van der Waals surface area contributed by atoms with Gasteiger partial charge in [0.05, 0.1) is 12.6 Å². The zero-order valence-corrected chi connectivity index (χ0v) is 11.1. The lowest BCUT2D eigenvalue weighted by Crippen LogP contribution is -2.21. The van der Waals surface area contributed by atoms with E-state index in [0.29, 0.717) is 17.9 Å². The SMILES string of the molecule is CC(O)c1ccc(F)cc1OCCn1ccccc1=O. The maximum atomic E-state index is 13.2. The Bertz CT molecular complexity index is 637. The molecular weight excluding hydrogens is 261 g/mol. The molecule has 20 heavy (non-hydrogen) atoms. The second-order valence-electron chi connectivity index (χ2n) is 4.44. The predicted octanol–water partition coefficient (Wildman–Crippen LogP) is 2.12. The Kier molecular flexibility index (Phi) is 4.53. The molecule has 0 saturated heterocycles. The average molecular weight is 277 g/mol. The Balaban J connectivity index is 2.06. The van der Waals surface area contributed by atoms with Crippen LogP contribution in [0.3, 0.4) is 0 Å². The number of ether oxygens (including phenoxy) is 1. The summed E-state index contributed by atoms with van der Waals surface area (Å²) < 4.78 is 20.2. The van der Waals surface area contributed by atoms with Gasteiger partial charge in [-0.3, -0.25) is 4.79 Å². The molecule has 0 aliphatic rings. The summed E-state index contributed by atoms with van der Waals surface area (Å²) in [4.78, 5) is 11.5. The van der Waals surface area contributed by atoms with Crippen molar-refractivity contribution in [1.82, 2.24) is 4.57 Å². The fourth-order valence-corrected chi connectivity index (χ4v) is 1.88. The Morgan fingerprint density at radius 2 is 2.15 bits per heavy atom. The van der Waals surface area contributed by atoms with E-state index < -0.39 is 11.9 Å². The van der Waals surface area contributed by atoms with Gasteiger partial charge in [0.1, 0.15) is 18.2 Å². The number of pyridine rings is 1. The van der Waals surface area contributed by atoms with Crippen LogP contribution in [0.2, 0.25) is 0 Å². The van der Waals surface area contributed by atoms with Gasteiger partial charge in [0.15, 0.2) is 0 Å². The standard InChI is InChI=1S/C15H16FNO3/c1-11(18)13-6-5-12(16)10-14(13)20-9-8-17-7-3-2-4-15(17)19/h2-7,10-11,18H,8-9H2,1H3. The smallest absolute Gasteiger partial charge is 0.250 e. The number of aliphatic hydroxyl groups is 1. The van der Waals surface area contributed by atoms with E-state index >= 15 is 0 Å². The fourth-order valence-electron chi connectivity index (χ4n) is 1.88. The van der Waals surface area contributed by atoms with Crippen LogP contribution in [-0.2, 0) is 6.54 Å². The summed E-state index contributed by atoms with van der Waals surface area (Å²) in [5.41, 5.74) is 0.401. The normalized spacial score (nSPS) is 12.2.